The third-order valence-electron chi connectivity index (χ3n) is 3.46. The molecule has 3 rings (SSSR count). The zero-order valence-electron chi connectivity index (χ0n) is 12.4. The van der Waals surface area contributed by atoms with Gasteiger partial charge in [-0.1, -0.05) is 35.5 Å². The van der Waals surface area contributed by atoms with E-state index < -0.39 is 6.04 Å². The Balaban J connectivity index is 1.86. The molecule has 0 bridgehead atoms. The highest BCUT2D eigenvalue weighted by Gasteiger charge is 2.21. The fourth-order valence-electron chi connectivity index (χ4n) is 2.25. The van der Waals surface area contributed by atoms with E-state index in [1.54, 1.807) is 30.1 Å². The highest BCUT2D eigenvalue weighted by molar-refractivity contribution is 5.96. The van der Waals surface area contributed by atoms with E-state index in [0.29, 0.717) is 5.88 Å². The molecule has 2 heterocycles. The van der Waals surface area contributed by atoms with Gasteiger partial charge in [0.05, 0.1) is 11.3 Å². The molecule has 0 spiro atoms. The van der Waals surface area contributed by atoms with Crippen LogP contribution in [0.2, 0.25) is 0 Å². The summed E-state index contributed by atoms with van der Waals surface area (Å²) in [5.74, 6) is 0.143. The number of hydrogen-bond donors (Lipinski definition) is 1. The van der Waals surface area contributed by atoms with Gasteiger partial charge in [0.1, 0.15) is 6.04 Å². The highest BCUT2D eigenvalue weighted by atomic mass is 16.5. The van der Waals surface area contributed by atoms with Crippen LogP contribution in [-0.2, 0) is 4.79 Å². The SMILES string of the molecule is Cc1noc(NC(=O)C(C)n2cccn2)c1-c1ccccc1. The molecule has 0 fully saturated rings. The molecule has 0 aliphatic carbocycles. The summed E-state index contributed by atoms with van der Waals surface area (Å²) in [5.41, 5.74) is 2.47. The van der Waals surface area contributed by atoms with E-state index in [1.807, 2.05) is 37.3 Å². The first kappa shape index (κ1) is 14.1. The smallest absolute Gasteiger partial charge is 0.251 e. The van der Waals surface area contributed by atoms with Crippen LogP contribution in [0.3, 0.4) is 0 Å². The number of amides is 1. The Bertz CT molecular complexity index is 763. The molecule has 0 radical (unpaired) electrons. The van der Waals surface area contributed by atoms with Crippen LogP contribution in [0, 0.1) is 6.92 Å². The van der Waals surface area contributed by atoms with Crippen LogP contribution in [0.15, 0.2) is 53.3 Å². The minimum atomic E-state index is -0.441. The molecule has 1 aromatic carbocycles. The molecule has 0 saturated heterocycles. The van der Waals surface area contributed by atoms with Crippen LogP contribution in [0.5, 0.6) is 0 Å². The molecular formula is C16H16N4O2. The van der Waals surface area contributed by atoms with E-state index in [4.69, 9.17) is 4.52 Å². The Morgan fingerprint density at radius 1 is 1.27 bits per heavy atom. The van der Waals surface area contributed by atoms with Gasteiger partial charge in [-0.25, -0.2) is 0 Å². The van der Waals surface area contributed by atoms with Gasteiger partial charge in [-0.3, -0.25) is 14.8 Å². The van der Waals surface area contributed by atoms with Crippen LogP contribution in [0.25, 0.3) is 11.1 Å². The fourth-order valence-corrected chi connectivity index (χ4v) is 2.25. The lowest BCUT2D eigenvalue weighted by Gasteiger charge is -2.11. The summed E-state index contributed by atoms with van der Waals surface area (Å²) in [7, 11) is 0. The summed E-state index contributed by atoms with van der Waals surface area (Å²) in [6.45, 7) is 3.62. The summed E-state index contributed by atoms with van der Waals surface area (Å²) in [6.07, 6.45) is 3.38. The number of aryl methyl sites for hydroxylation is 1. The lowest BCUT2D eigenvalue weighted by molar-refractivity contribution is -0.119. The van der Waals surface area contributed by atoms with E-state index >= 15 is 0 Å². The van der Waals surface area contributed by atoms with Crippen molar-refractivity contribution in [3.8, 4) is 11.1 Å². The number of carbonyl (C=O) groups is 1. The highest BCUT2D eigenvalue weighted by Crippen LogP contribution is 2.31. The molecule has 1 N–H and O–H groups in total. The number of aromatic nitrogens is 3. The average molecular weight is 296 g/mol. The average Bonchev–Trinajstić information content (AvgIpc) is 3.18. The van der Waals surface area contributed by atoms with Gasteiger partial charge in [-0.2, -0.15) is 5.10 Å². The number of nitrogens with one attached hydrogen (secondary N) is 1. The molecule has 112 valence electrons. The molecule has 0 aliphatic rings. The van der Waals surface area contributed by atoms with Gasteiger partial charge < -0.3 is 4.52 Å². The van der Waals surface area contributed by atoms with Crippen LogP contribution in [0.1, 0.15) is 18.7 Å². The monoisotopic (exact) mass is 296 g/mol. The Morgan fingerprint density at radius 3 is 2.73 bits per heavy atom. The minimum Gasteiger partial charge on any atom is -0.337 e. The van der Waals surface area contributed by atoms with E-state index in [2.05, 4.69) is 15.6 Å². The number of benzene rings is 1. The standard InChI is InChI=1S/C16H16N4O2/c1-11-14(13-7-4-3-5-8-13)16(22-19-11)18-15(21)12(2)20-10-6-9-17-20/h3-10,12H,1-2H3,(H,18,21). The number of carbonyl (C=O) groups excluding carboxylic acids is 1. The molecule has 1 atom stereocenters. The fraction of sp³-hybridized carbons (Fsp3) is 0.188. The van der Waals surface area contributed by atoms with Gasteiger partial charge in [0, 0.05) is 12.4 Å². The predicted molar refractivity (Wildman–Crippen MR) is 82.2 cm³/mol. The molecule has 6 nitrogen and oxygen atoms in total. The van der Waals surface area contributed by atoms with Crippen molar-refractivity contribution in [2.24, 2.45) is 0 Å². The normalized spacial score (nSPS) is 12.1. The Kier molecular flexibility index (Phi) is 3.74. The molecule has 1 unspecified atom stereocenters. The maximum absolute atomic E-state index is 12.3. The molecule has 22 heavy (non-hydrogen) atoms. The van der Waals surface area contributed by atoms with Gasteiger partial charge in [0.25, 0.3) is 5.91 Å². The summed E-state index contributed by atoms with van der Waals surface area (Å²) < 4.78 is 6.86. The lowest BCUT2D eigenvalue weighted by Crippen LogP contribution is -2.24. The number of rotatable bonds is 4. The first-order chi connectivity index (χ1) is 10.7. The third-order valence-corrected chi connectivity index (χ3v) is 3.46. The summed E-state index contributed by atoms with van der Waals surface area (Å²) in [6, 6.07) is 11.0. The molecule has 0 aliphatic heterocycles. The van der Waals surface area contributed by atoms with Gasteiger partial charge in [-0.05, 0) is 25.5 Å². The molecule has 3 aromatic rings. The van der Waals surface area contributed by atoms with Crippen molar-refractivity contribution in [2.45, 2.75) is 19.9 Å². The first-order valence-corrected chi connectivity index (χ1v) is 6.98. The molecule has 2 aromatic heterocycles. The Hall–Kier alpha value is -2.89. The van der Waals surface area contributed by atoms with Crippen molar-refractivity contribution in [2.75, 3.05) is 5.32 Å². The first-order valence-electron chi connectivity index (χ1n) is 6.98. The number of nitrogens with zero attached hydrogens (tertiary/aromatic N) is 3. The molecular weight excluding hydrogens is 280 g/mol. The molecule has 0 saturated carbocycles. The second-order valence-corrected chi connectivity index (χ2v) is 4.99. The number of anilines is 1. The zero-order valence-corrected chi connectivity index (χ0v) is 12.4. The largest absolute Gasteiger partial charge is 0.337 e. The second-order valence-electron chi connectivity index (χ2n) is 4.99. The van der Waals surface area contributed by atoms with Crippen LogP contribution in [-0.4, -0.2) is 20.8 Å². The molecule has 1 amide bonds. The van der Waals surface area contributed by atoms with Crippen LogP contribution < -0.4 is 5.32 Å². The lowest BCUT2D eigenvalue weighted by atomic mass is 10.1. The van der Waals surface area contributed by atoms with Crippen molar-refractivity contribution in [3.63, 3.8) is 0 Å². The van der Waals surface area contributed by atoms with Crippen molar-refractivity contribution in [1.82, 2.24) is 14.9 Å². The van der Waals surface area contributed by atoms with E-state index in [1.165, 1.54) is 0 Å². The van der Waals surface area contributed by atoms with Crippen molar-refractivity contribution >= 4 is 11.8 Å². The molecule has 6 heteroatoms. The van der Waals surface area contributed by atoms with Crippen molar-refractivity contribution in [1.29, 1.82) is 0 Å². The predicted octanol–water partition coefficient (Wildman–Crippen LogP) is 3.05. The van der Waals surface area contributed by atoms with Gasteiger partial charge in [0.15, 0.2) is 0 Å². The summed E-state index contributed by atoms with van der Waals surface area (Å²) >= 11 is 0. The maximum atomic E-state index is 12.3. The van der Waals surface area contributed by atoms with Gasteiger partial charge in [-0.15, -0.1) is 0 Å². The topological polar surface area (TPSA) is 73.0 Å². The van der Waals surface area contributed by atoms with Crippen molar-refractivity contribution < 1.29 is 9.32 Å². The summed E-state index contributed by atoms with van der Waals surface area (Å²) in [5, 5.41) is 10.8. The van der Waals surface area contributed by atoms with Crippen LogP contribution >= 0.6 is 0 Å². The quantitative estimate of drug-likeness (QED) is 0.803. The summed E-state index contributed by atoms with van der Waals surface area (Å²) in [4.78, 5) is 12.3. The van der Waals surface area contributed by atoms with E-state index in [9.17, 15) is 4.79 Å². The minimum absolute atomic E-state index is 0.211. The van der Waals surface area contributed by atoms with Gasteiger partial charge >= 0.3 is 0 Å². The Labute approximate surface area is 127 Å². The number of hydrogen-bond acceptors (Lipinski definition) is 4. The van der Waals surface area contributed by atoms with Crippen molar-refractivity contribution in [3.05, 3.63) is 54.5 Å². The third kappa shape index (κ3) is 2.63. The maximum Gasteiger partial charge on any atom is 0.251 e. The van der Waals surface area contributed by atoms with E-state index in [-0.39, 0.29) is 5.91 Å². The zero-order chi connectivity index (χ0) is 15.5. The Morgan fingerprint density at radius 2 is 2.05 bits per heavy atom. The van der Waals surface area contributed by atoms with E-state index in [0.717, 1.165) is 16.8 Å². The van der Waals surface area contributed by atoms with Gasteiger partial charge in [0.2, 0.25) is 5.88 Å². The second kappa shape index (κ2) is 5.85. The van der Waals surface area contributed by atoms with Crippen LogP contribution in [0.4, 0.5) is 5.88 Å².